The number of aromatic nitrogens is 3. The third kappa shape index (κ3) is 3.39. The van der Waals surface area contributed by atoms with Crippen LogP contribution in [-0.2, 0) is 30.5 Å². The maximum absolute atomic E-state index is 6.07. The van der Waals surface area contributed by atoms with Gasteiger partial charge in [0.15, 0.2) is 0 Å². The van der Waals surface area contributed by atoms with Crippen LogP contribution in [0, 0.1) is 0 Å². The summed E-state index contributed by atoms with van der Waals surface area (Å²) >= 11 is 6.85. The zero-order valence-corrected chi connectivity index (χ0v) is 18.9. The minimum Gasteiger partial charge on any atom is -0.337 e. The van der Waals surface area contributed by atoms with Gasteiger partial charge in [0.25, 0.3) is 11.6 Å². The lowest BCUT2D eigenvalue weighted by Gasteiger charge is -2.30. The minimum atomic E-state index is -1.20. The number of hydrogen-bond donors (Lipinski definition) is 0. The fraction of sp³-hybridized carbons (Fsp3) is 0.286. The Hall–Kier alpha value is -1.75. The molecule has 0 N–H and O–H groups in total. The van der Waals surface area contributed by atoms with E-state index in [1.807, 2.05) is 54.6 Å². The number of halogens is 2. The highest BCUT2D eigenvalue weighted by atomic mass is 79.9. The van der Waals surface area contributed by atoms with Gasteiger partial charge in [-0.3, -0.25) is 0 Å². The summed E-state index contributed by atoms with van der Waals surface area (Å²) in [5.41, 5.74) is 2.36. The molecule has 9 heteroatoms. The summed E-state index contributed by atoms with van der Waals surface area (Å²) in [6.45, 7) is 1.74. The van der Waals surface area contributed by atoms with E-state index in [2.05, 4.69) is 41.8 Å². The molecule has 2 fully saturated rings. The zero-order valence-electron chi connectivity index (χ0n) is 15.8. The van der Waals surface area contributed by atoms with Gasteiger partial charge in [0.05, 0.1) is 26.4 Å². The van der Waals surface area contributed by atoms with Crippen LogP contribution in [0.1, 0.15) is 22.8 Å². The van der Waals surface area contributed by atoms with Crippen LogP contribution in [-0.4, -0.2) is 41.4 Å². The second-order valence-corrected chi connectivity index (χ2v) is 8.35. The van der Waals surface area contributed by atoms with Gasteiger partial charge in [-0.1, -0.05) is 18.2 Å². The Labute approximate surface area is 190 Å². The van der Waals surface area contributed by atoms with E-state index in [0.29, 0.717) is 58.4 Å². The van der Waals surface area contributed by atoms with Gasteiger partial charge < -0.3 is 18.9 Å². The summed E-state index contributed by atoms with van der Waals surface area (Å²) in [6, 6.07) is 16.8. The van der Waals surface area contributed by atoms with E-state index in [-0.39, 0.29) is 0 Å². The van der Waals surface area contributed by atoms with Gasteiger partial charge in [0.1, 0.15) is 32.0 Å². The van der Waals surface area contributed by atoms with Crippen LogP contribution in [0.2, 0.25) is 0 Å². The van der Waals surface area contributed by atoms with Crippen molar-refractivity contribution in [2.45, 2.75) is 11.6 Å². The molecule has 154 valence electrons. The van der Waals surface area contributed by atoms with Crippen LogP contribution >= 0.6 is 31.9 Å². The van der Waals surface area contributed by atoms with Crippen molar-refractivity contribution in [3.63, 3.8) is 0 Å². The van der Waals surface area contributed by atoms with Gasteiger partial charge in [-0.05, 0) is 68.3 Å². The van der Waals surface area contributed by atoms with Crippen molar-refractivity contribution >= 4 is 31.9 Å². The van der Waals surface area contributed by atoms with Crippen molar-refractivity contribution in [1.82, 2.24) is 15.0 Å². The topological polar surface area (TPSA) is 75.6 Å². The third-order valence-corrected chi connectivity index (χ3v) is 5.80. The molecule has 0 radical (unpaired) electrons. The van der Waals surface area contributed by atoms with E-state index >= 15 is 0 Å². The van der Waals surface area contributed by atoms with Crippen LogP contribution in [0.3, 0.4) is 0 Å². The summed E-state index contributed by atoms with van der Waals surface area (Å²) in [5, 5.41) is 0. The lowest BCUT2D eigenvalue weighted by atomic mass is 10.0. The lowest BCUT2D eigenvalue weighted by Crippen LogP contribution is -2.35. The van der Waals surface area contributed by atoms with Gasteiger partial charge in [-0.15, -0.1) is 0 Å². The van der Waals surface area contributed by atoms with E-state index in [1.54, 1.807) is 0 Å². The van der Waals surface area contributed by atoms with Crippen molar-refractivity contribution in [3.8, 4) is 0 Å². The van der Waals surface area contributed by atoms with Gasteiger partial charge in [0.2, 0.25) is 0 Å². The van der Waals surface area contributed by atoms with Crippen molar-refractivity contribution in [2.24, 2.45) is 0 Å². The maximum atomic E-state index is 6.07. The second kappa shape index (κ2) is 8.07. The maximum Gasteiger partial charge on any atom is 0.257 e. The first-order valence-corrected chi connectivity index (χ1v) is 11.0. The highest BCUT2D eigenvalue weighted by molar-refractivity contribution is 9.10. The van der Waals surface area contributed by atoms with Crippen LogP contribution in [0.25, 0.3) is 0 Å². The Morgan fingerprint density at radius 1 is 0.533 bits per heavy atom. The smallest absolute Gasteiger partial charge is 0.257 e. The molecule has 2 aliphatic rings. The molecule has 0 aromatic carbocycles. The predicted octanol–water partition coefficient (Wildman–Crippen LogP) is 3.89. The molecule has 0 bridgehead atoms. The SMILES string of the molecule is Brc1cccc(C2(c3cccc(C4(c5cccc(Br)n5)OCCO4)n3)OCCO2)n1. The molecule has 0 saturated carbocycles. The number of hydrogen-bond acceptors (Lipinski definition) is 7. The van der Waals surface area contributed by atoms with Crippen molar-refractivity contribution < 1.29 is 18.9 Å². The number of pyridine rings is 3. The van der Waals surface area contributed by atoms with E-state index < -0.39 is 11.6 Å². The zero-order chi connectivity index (χ0) is 20.6. The van der Waals surface area contributed by atoms with Gasteiger partial charge >= 0.3 is 0 Å². The average Bonchev–Trinajstić information content (AvgIpc) is 3.46. The van der Waals surface area contributed by atoms with Crippen molar-refractivity contribution in [1.29, 1.82) is 0 Å². The summed E-state index contributed by atoms with van der Waals surface area (Å²) in [5.74, 6) is -2.41. The standard InChI is InChI=1S/C21H17Br2N3O4/c22-18-8-2-6-16(25-18)20(27-10-11-28-20)14-4-1-5-15(24-14)21(29-12-13-30-21)17-7-3-9-19(23)26-17/h1-9H,10-13H2. The second-order valence-electron chi connectivity index (χ2n) is 6.73. The fourth-order valence-electron chi connectivity index (χ4n) is 3.66. The molecule has 7 nitrogen and oxygen atoms in total. The largest absolute Gasteiger partial charge is 0.337 e. The first-order chi connectivity index (χ1) is 14.6. The van der Waals surface area contributed by atoms with Crippen LogP contribution in [0.5, 0.6) is 0 Å². The molecule has 3 aromatic rings. The first kappa shape index (κ1) is 20.2. The molecular formula is C21H17Br2N3O4. The average molecular weight is 535 g/mol. The Kier molecular flexibility index (Phi) is 5.42. The van der Waals surface area contributed by atoms with Gasteiger partial charge in [-0.2, -0.15) is 0 Å². The van der Waals surface area contributed by atoms with E-state index in [4.69, 9.17) is 23.9 Å². The molecule has 0 unspecified atom stereocenters. The molecule has 30 heavy (non-hydrogen) atoms. The summed E-state index contributed by atoms with van der Waals surface area (Å²) in [6.07, 6.45) is 0. The molecule has 0 amide bonds. The molecular weight excluding hydrogens is 518 g/mol. The summed E-state index contributed by atoms with van der Waals surface area (Å²) in [4.78, 5) is 14.0. The van der Waals surface area contributed by atoms with E-state index in [1.165, 1.54) is 0 Å². The molecule has 5 rings (SSSR count). The van der Waals surface area contributed by atoms with Gasteiger partial charge in [0, 0.05) is 0 Å². The number of rotatable bonds is 4. The molecule has 0 aliphatic carbocycles. The highest BCUT2D eigenvalue weighted by Gasteiger charge is 2.47. The van der Waals surface area contributed by atoms with Crippen molar-refractivity contribution in [2.75, 3.05) is 26.4 Å². The van der Waals surface area contributed by atoms with Crippen LogP contribution in [0.15, 0.2) is 63.8 Å². The number of nitrogens with zero attached hydrogens (tertiary/aromatic N) is 3. The Morgan fingerprint density at radius 3 is 1.23 bits per heavy atom. The third-order valence-electron chi connectivity index (χ3n) is 4.92. The molecule has 3 aromatic heterocycles. The van der Waals surface area contributed by atoms with E-state index in [0.717, 1.165) is 0 Å². The normalized spacial score (nSPS) is 19.8. The van der Waals surface area contributed by atoms with Crippen LogP contribution < -0.4 is 0 Å². The minimum absolute atomic E-state index is 0.436. The Balaban J connectivity index is 1.64. The van der Waals surface area contributed by atoms with Gasteiger partial charge in [-0.25, -0.2) is 15.0 Å². The summed E-state index contributed by atoms with van der Waals surface area (Å²) in [7, 11) is 0. The molecule has 0 atom stereocenters. The highest BCUT2D eigenvalue weighted by Crippen LogP contribution is 2.40. The lowest BCUT2D eigenvalue weighted by molar-refractivity contribution is -0.144. The number of ether oxygens (including phenoxy) is 4. The molecule has 5 heterocycles. The molecule has 2 saturated heterocycles. The Morgan fingerprint density at radius 2 is 0.867 bits per heavy atom. The molecule has 0 spiro atoms. The van der Waals surface area contributed by atoms with Crippen molar-refractivity contribution in [3.05, 3.63) is 86.6 Å². The van der Waals surface area contributed by atoms with Crippen LogP contribution in [0.4, 0.5) is 0 Å². The quantitative estimate of drug-likeness (QED) is 0.470. The molecule has 2 aliphatic heterocycles. The fourth-order valence-corrected chi connectivity index (χ4v) is 4.35. The monoisotopic (exact) mass is 533 g/mol. The van der Waals surface area contributed by atoms with E-state index in [9.17, 15) is 0 Å². The first-order valence-electron chi connectivity index (χ1n) is 9.42. The summed E-state index contributed by atoms with van der Waals surface area (Å²) < 4.78 is 25.7. The Bertz CT molecular complexity index is 989. The predicted molar refractivity (Wildman–Crippen MR) is 113 cm³/mol.